The van der Waals surface area contributed by atoms with Crippen LogP contribution in [0.1, 0.15) is 32.3 Å². The second-order valence-electron chi connectivity index (χ2n) is 6.04. The number of benzene rings is 1. The van der Waals surface area contributed by atoms with E-state index in [2.05, 4.69) is 34.4 Å². The number of nitrogens with one attached hydrogen (secondary N) is 2. The summed E-state index contributed by atoms with van der Waals surface area (Å²) < 4.78 is 0. The molecule has 1 aromatic rings. The van der Waals surface area contributed by atoms with Crippen molar-refractivity contribution in [3.8, 4) is 0 Å². The Hall–Kier alpha value is -0.530. The summed E-state index contributed by atoms with van der Waals surface area (Å²) in [6.07, 6.45) is 2.70. The lowest BCUT2D eigenvalue weighted by atomic mass is 10.2. The first kappa shape index (κ1) is 20.5. The highest BCUT2D eigenvalue weighted by Crippen LogP contribution is 2.27. The Morgan fingerprint density at radius 3 is 2.43 bits per heavy atom. The smallest absolute Gasteiger partial charge is 0.191 e. The van der Waals surface area contributed by atoms with E-state index < -0.39 is 0 Å². The Kier molecular flexibility index (Phi) is 9.24. The van der Waals surface area contributed by atoms with Crippen LogP contribution < -0.4 is 10.6 Å². The molecule has 0 bridgehead atoms. The Morgan fingerprint density at radius 2 is 1.91 bits per heavy atom. The van der Waals surface area contributed by atoms with E-state index in [4.69, 9.17) is 11.6 Å². The second-order valence-corrected chi connectivity index (χ2v) is 6.48. The minimum atomic E-state index is 0. The van der Waals surface area contributed by atoms with E-state index in [0.717, 1.165) is 36.7 Å². The molecule has 4 nitrogen and oxygen atoms in total. The summed E-state index contributed by atoms with van der Waals surface area (Å²) in [5.74, 6) is 0.842. The van der Waals surface area contributed by atoms with E-state index in [1.807, 2.05) is 24.3 Å². The van der Waals surface area contributed by atoms with Crippen LogP contribution in [0.25, 0.3) is 0 Å². The molecule has 0 aromatic heterocycles. The highest BCUT2D eigenvalue weighted by molar-refractivity contribution is 14.0. The van der Waals surface area contributed by atoms with Gasteiger partial charge < -0.3 is 10.6 Å². The van der Waals surface area contributed by atoms with Crippen LogP contribution in [-0.2, 0) is 6.54 Å². The zero-order chi connectivity index (χ0) is 15.9. The zero-order valence-electron chi connectivity index (χ0n) is 14.2. The second kappa shape index (κ2) is 10.4. The van der Waals surface area contributed by atoms with Crippen LogP contribution >= 0.6 is 35.6 Å². The summed E-state index contributed by atoms with van der Waals surface area (Å²) in [4.78, 5) is 6.84. The molecule has 1 aromatic carbocycles. The molecular weight excluding hydrogens is 423 g/mol. The fourth-order valence-corrected chi connectivity index (χ4v) is 2.71. The lowest BCUT2D eigenvalue weighted by molar-refractivity contribution is 0.215. The summed E-state index contributed by atoms with van der Waals surface area (Å²) in [5.41, 5.74) is 1.19. The molecule has 0 aliphatic heterocycles. The minimum absolute atomic E-state index is 0. The molecule has 23 heavy (non-hydrogen) atoms. The average molecular weight is 451 g/mol. The number of aliphatic imine (C=N–C) groups is 1. The van der Waals surface area contributed by atoms with Crippen molar-refractivity contribution in [2.45, 2.75) is 45.3 Å². The molecule has 0 saturated heterocycles. The first-order chi connectivity index (χ1) is 10.6. The number of nitrogens with zero attached hydrogens (tertiary/aromatic N) is 2. The zero-order valence-corrected chi connectivity index (χ0v) is 17.3. The molecular formula is C17H28ClIN4. The average Bonchev–Trinajstić information content (AvgIpc) is 3.32. The van der Waals surface area contributed by atoms with Gasteiger partial charge in [-0.25, -0.2) is 0 Å². The lowest BCUT2D eigenvalue weighted by Crippen LogP contribution is -2.43. The predicted octanol–water partition coefficient (Wildman–Crippen LogP) is 3.50. The Labute approximate surface area is 162 Å². The molecule has 2 N–H and O–H groups in total. The molecule has 0 atom stereocenters. The minimum Gasteiger partial charge on any atom is -0.355 e. The van der Waals surface area contributed by atoms with Crippen LogP contribution in [0.4, 0.5) is 0 Å². The molecule has 1 aliphatic carbocycles. The molecule has 0 heterocycles. The third kappa shape index (κ3) is 7.27. The molecule has 0 radical (unpaired) electrons. The first-order valence-corrected chi connectivity index (χ1v) is 8.42. The van der Waals surface area contributed by atoms with Crippen molar-refractivity contribution in [2.75, 3.05) is 20.1 Å². The normalized spacial score (nSPS) is 14.8. The predicted molar refractivity (Wildman–Crippen MR) is 110 cm³/mol. The number of guanidine groups is 1. The van der Waals surface area contributed by atoms with E-state index in [9.17, 15) is 0 Å². The van der Waals surface area contributed by atoms with Gasteiger partial charge in [-0.3, -0.25) is 9.89 Å². The monoisotopic (exact) mass is 450 g/mol. The Morgan fingerprint density at radius 1 is 1.26 bits per heavy atom. The van der Waals surface area contributed by atoms with Gasteiger partial charge in [0.25, 0.3) is 0 Å². The van der Waals surface area contributed by atoms with E-state index >= 15 is 0 Å². The van der Waals surface area contributed by atoms with Gasteiger partial charge in [0, 0.05) is 43.8 Å². The maximum atomic E-state index is 5.89. The fourth-order valence-electron chi connectivity index (χ4n) is 2.58. The number of rotatable bonds is 7. The van der Waals surface area contributed by atoms with E-state index in [-0.39, 0.29) is 24.0 Å². The van der Waals surface area contributed by atoms with Crippen molar-refractivity contribution in [3.05, 3.63) is 34.9 Å². The van der Waals surface area contributed by atoms with Gasteiger partial charge in [0.05, 0.1) is 0 Å². The third-order valence-corrected chi connectivity index (χ3v) is 4.19. The van der Waals surface area contributed by atoms with Gasteiger partial charge in [0.2, 0.25) is 0 Å². The quantitative estimate of drug-likeness (QED) is 0.379. The Balaban J connectivity index is 0.00000264. The fraction of sp³-hybridized carbons (Fsp3) is 0.588. The molecule has 0 amide bonds. The number of hydrogen-bond acceptors (Lipinski definition) is 2. The van der Waals surface area contributed by atoms with Gasteiger partial charge in [-0.1, -0.05) is 23.7 Å². The van der Waals surface area contributed by atoms with Crippen molar-refractivity contribution in [1.82, 2.24) is 15.5 Å². The van der Waals surface area contributed by atoms with Crippen molar-refractivity contribution in [1.29, 1.82) is 0 Å². The molecule has 0 unspecified atom stereocenters. The van der Waals surface area contributed by atoms with Crippen LogP contribution in [0.5, 0.6) is 0 Å². The van der Waals surface area contributed by atoms with Gasteiger partial charge in [-0.15, -0.1) is 24.0 Å². The summed E-state index contributed by atoms with van der Waals surface area (Å²) >= 11 is 5.89. The maximum Gasteiger partial charge on any atom is 0.191 e. The molecule has 2 rings (SSSR count). The van der Waals surface area contributed by atoms with Crippen molar-refractivity contribution >= 4 is 41.5 Å². The summed E-state index contributed by atoms with van der Waals surface area (Å²) in [6.45, 7) is 7.25. The molecule has 1 saturated carbocycles. The number of halogens is 2. The van der Waals surface area contributed by atoms with Crippen LogP contribution in [0.2, 0.25) is 5.02 Å². The van der Waals surface area contributed by atoms with Crippen molar-refractivity contribution in [3.63, 3.8) is 0 Å². The van der Waals surface area contributed by atoms with Gasteiger partial charge in [-0.05, 0) is 44.4 Å². The lowest BCUT2D eigenvalue weighted by Gasteiger charge is -2.26. The highest BCUT2D eigenvalue weighted by Gasteiger charge is 2.29. The summed E-state index contributed by atoms with van der Waals surface area (Å²) in [5, 5.41) is 7.48. The standard InChI is InChI=1S/C17H27ClN4.HI/c1-13(2)22(16-8-9-16)11-10-20-17(19-3)21-12-14-4-6-15(18)7-5-14;/h4-7,13,16H,8-12H2,1-3H3,(H2,19,20,21);1H. The SMILES string of the molecule is CN=C(NCCN(C(C)C)C1CC1)NCc1ccc(Cl)cc1.I. The largest absolute Gasteiger partial charge is 0.355 e. The first-order valence-electron chi connectivity index (χ1n) is 8.05. The van der Waals surface area contributed by atoms with Gasteiger partial charge in [0.1, 0.15) is 0 Å². The van der Waals surface area contributed by atoms with Crippen LogP contribution in [-0.4, -0.2) is 43.1 Å². The third-order valence-electron chi connectivity index (χ3n) is 3.94. The van der Waals surface area contributed by atoms with Crippen molar-refractivity contribution < 1.29 is 0 Å². The highest BCUT2D eigenvalue weighted by atomic mass is 127. The summed E-state index contributed by atoms with van der Waals surface area (Å²) in [6, 6.07) is 9.27. The van der Waals surface area contributed by atoms with Crippen LogP contribution in [0.3, 0.4) is 0 Å². The van der Waals surface area contributed by atoms with Crippen molar-refractivity contribution in [2.24, 2.45) is 4.99 Å². The molecule has 6 heteroatoms. The molecule has 130 valence electrons. The van der Waals surface area contributed by atoms with Crippen LogP contribution in [0.15, 0.2) is 29.3 Å². The Bertz CT molecular complexity index is 484. The van der Waals surface area contributed by atoms with Crippen LogP contribution in [0, 0.1) is 0 Å². The topological polar surface area (TPSA) is 39.7 Å². The maximum absolute atomic E-state index is 5.89. The molecule has 0 spiro atoms. The molecule has 1 fully saturated rings. The van der Waals surface area contributed by atoms with E-state index in [1.54, 1.807) is 7.05 Å². The number of hydrogen-bond donors (Lipinski definition) is 2. The van der Waals surface area contributed by atoms with E-state index in [1.165, 1.54) is 18.4 Å². The van der Waals surface area contributed by atoms with E-state index in [0.29, 0.717) is 6.04 Å². The van der Waals surface area contributed by atoms with Gasteiger partial charge in [-0.2, -0.15) is 0 Å². The molecule has 1 aliphatic rings. The summed E-state index contributed by atoms with van der Waals surface area (Å²) in [7, 11) is 1.80. The van der Waals surface area contributed by atoms with Gasteiger partial charge in [0.15, 0.2) is 5.96 Å². The van der Waals surface area contributed by atoms with Gasteiger partial charge >= 0.3 is 0 Å².